The SMILES string of the molecule is CCC(NCc1ncc(C)s1)c1ccc(F)cn1. The smallest absolute Gasteiger partial charge is 0.141 e. The quantitative estimate of drug-likeness (QED) is 0.902. The third-order valence-corrected chi connectivity index (χ3v) is 3.60. The summed E-state index contributed by atoms with van der Waals surface area (Å²) in [6, 6.07) is 3.30. The van der Waals surface area contributed by atoms with Crippen LogP contribution in [0.1, 0.15) is 35.0 Å². The fourth-order valence-corrected chi connectivity index (χ4v) is 2.48. The fraction of sp³-hybridized carbons (Fsp3) is 0.385. The summed E-state index contributed by atoms with van der Waals surface area (Å²) in [6.07, 6.45) is 4.04. The number of aromatic nitrogens is 2. The second kappa shape index (κ2) is 6.02. The van der Waals surface area contributed by atoms with Gasteiger partial charge in [-0.15, -0.1) is 11.3 Å². The molecule has 0 amide bonds. The van der Waals surface area contributed by atoms with Crippen LogP contribution in [0.15, 0.2) is 24.5 Å². The number of rotatable bonds is 5. The van der Waals surface area contributed by atoms with Gasteiger partial charge in [0.1, 0.15) is 10.8 Å². The predicted molar refractivity (Wildman–Crippen MR) is 70.9 cm³/mol. The van der Waals surface area contributed by atoms with Gasteiger partial charge < -0.3 is 5.32 Å². The van der Waals surface area contributed by atoms with Crippen LogP contribution in [0.2, 0.25) is 0 Å². The molecular formula is C13H16FN3S. The molecule has 0 radical (unpaired) electrons. The Morgan fingerprint density at radius 2 is 2.17 bits per heavy atom. The first-order chi connectivity index (χ1) is 8.69. The van der Waals surface area contributed by atoms with E-state index in [0.717, 1.165) is 23.7 Å². The molecule has 0 fully saturated rings. The van der Waals surface area contributed by atoms with E-state index >= 15 is 0 Å². The average Bonchev–Trinajstić information content (AvgIpc) is 2.78. The zero-order chi connectivity index (χ0) is 13.0. The molecule has 5 heteroatoms. The summed E-state index contributed by atoms with van der Waals surface area (Å²) in [6.45, 7) is 4.84. The molecule has 0 bridgehead atoms. The minimum atomic E-state index is -0.302. The molecule has 2 heterocycles. The predicted octanol–water partition coefficient (Wildman–Crippen LogP) is 3.23. The first-order valence-electron chi connectivity index (χ1n) is 5.95. The van der Waals surface area contributed by atoms with Gasteiger partial charge in [0.05, 0.1) is 11.9 Å². The zero-order valence-corrected chi connectivity index (χ0v) is 11.3. The Morgan fingerprint density at radius 1 is 1.33 bits per heavy atom. The van der Waals surface area contributed by atoms with E-state index in [9.17, 15) is 4.39 Å². The molecule has 96 valence electrons. The van der Waals surface area contributed by atoms with Crippen molar-refractivity contribution in [3.05, 3.63) is 45.9 Å². The molecule has 3 nitrogen and oxygen atoms in total. The molecule has 1 atom stereocenters. The molecule has 2 aromatic heterocycles. The summed E-state index contributed by atoms with van der Waals surface area (Å²) in [5.41, 5.74) is 0.868. The van der Waals surface area contributed by atoms with Gasteiger partial charge in [-0.3, -0.25) is 4.98 Å². The number of hydrogen-bond donors (Lipinski definition) is 1. The molecule has 1 unspecified atom stereocenters. The van der Waals surface area contributed by atoms with Gasteiger partial charge in [-0.05, 0) is 25.5 Å². The lowest BCUT2D eigenvalue weighted by atomic mass is 10.1. The van der Waals surface area contributed by atoms with Gasteiger partial charge in [-0.1, -0.05) is 6.92 Å². The molecule has 0 saturated carbocycles. The Bertz CT molecular complexity index is 495. The van der Waals surface area contributed by atoms with Gasteiger partial charge in [0.25, 0.3) is 0 Å². The van der Waals surface area contributed by atoms with Crippen LogP contribution < -0.4 is 5.32 Å². The second-order valence-corrected chi connectivity index (χ2v) is 5.43. The molecule has 2 rings (SSSR count). The van der Waals surface area contributed by atoms with E-state index in [-0.39, 0.29) is 11.9 Å². The van der Waals surface area contributed by atoms with E-state index in [2.05, 4.69) is 22.2 Å². The molecular weight excluding hydrogens is 249 g/mol. The fourth-order valence-electron chi connectivity index (χ4n) is 1.75. The maximum absolute atomic E-state index is 12.8. The highest BCUT2D eigenvalue weighted by molar-refractivity contribution is 7.11. The zero-order valence-electron chi connectivity index (χ0n) is 10.5. The average molecular weight is 265 g/mol. The van der Waals surface area contributed by atoms with Crippen molar-refractivity contribution in [3.8, 4) is 0 Å². The Labute approximate surface area is 110 Å². The normalized spacial score (nSPS) is 12.6. The van der Waals surface area contributed by atoms with Crippen LogP contribution in [0.3, 0.4) is 0 Å². The van der Waals surface area contributed by atoms with Crippen LogP contribution in [-0.4, -0.2) is 9.97 Å². The van der Waals surface area contributed by atoms with Gasteiger partial charge in [0.2, 0.25) is 0 Å². The Hall–Kier alpha value is -1.33. The molecule has 18 heavy (non-hydrogen) atoms. The van der Waals surface area contributed by atoms with Crippen molar-refractivity contribution in [2.24, 2.45) is 0 Å². The van der Waals surface area contributed by atoms with Crippen LogP contribution in [-0.2, 0) is 6.54 Å². The van der Waals surface area contributed by atoms with Crippen LogP contribution in [0, 0.1) is 12.7 Å². The summed E-state index contributed by atoms with van der Waals surface area (Å²) >= 11 is 1.68. The summed E-state index contributed by atoms with van der Waals surface area (Å²) in [7, 11) is 0. The summed E-state index contributed by atoms with van der Waals surface area (Å²) in [4.78, 5) is 9.63. The highest BCUT2D eigenvalue weighted by atomic mass is 32.1. The highest BCUT2D eigenvalue weighted by Gasteiger charge is 2.11. The van der Waals surface area contributed by atoms with E-state index in [1.807, 2.05) is 13.1 Å². The highest BCUT2D eigenvalue weighted by Crippen LogP contribution is 2.17. The van der Waals surface area contributed by atoms with E-state index in [0.29, 0.717) is 0 Å². The van der Waals surface area contributed by atoms with Crippen molar-refractivity contribution in [2.75, 3.05) is 0 Å². The number of halogens is 1. The largest absolute Gasteiger partial charge is 0.302 e. The standard InChI is InChI=1S/C13H16FN3S/c1-3-11(12-5-4-10(14)7-15-12)16-8-13-17-6-9(2)18-13/h4-7,11,16H,3,8H2,1-2H3. The Morgan fingerprint density at radius 3 is 2.72 bits per heavy atom. The van der Waals surface area contributed by atoms with Gasteiger partial charge in [0.15, 0.2) is 0 Å². The lowest BCUT2D eigenvalue weighted by molar-refractivity contribution is 0.503. The lowest BCUT2D eigenvalue weighted by Crippen LogP contribution is -2.21. The number of nitrogens with one attached hydrogen (secondary N) is 1. The molecule has 0 aliphatic rings. The minimum absolute atomic E-state index is 0.134. The molecule has 0 aliphatic heterocycles. The van der Waals surface area contributed by atoms with Crippen molar-refractivity contribution in [1.82, 2.24) is 15.3 Å². The molecule has 2 aromatic rings. The molecule has 1 N–H and O–H groups in total. The van der Waals surface area contributed by atoms with Crippen LogP contribution >= 0.6 is 11.3 Å². The van der Waals surface area contributed by atoms with Crippen LogP contribution in [0.5, 0.6) is 0 Å². The maximum atomic E-state index is 12.8. The Balaban J connectivity index is 1.99. The van der Waals surface area contributed by atoms with Gasteiger partial charge in [-0.2, -0.15) is 0 Å². The number of pyridine rings is 1. The van der Waals surface area contributed by atoms with E-state index < -0.39 is 0 Å². The van der Waals surface area contributed by atoms with Gasteiger partial charge in [-0.25, -0.2) is 9.37 Å². The van der Waals surface area contributed by atoms with Crippen LogP contribution in [0.25, 0.3) is 0 Å². The second-order valence-electron chi connectivity index (χ2n) is 4.11. The number of hydrogen-bond acceptors (Lipinski definition) is 4. The third-order valence-electron chi connectivity index (χ3n) is 2.68. The number of nitrogens with zero attached hydrogens (tertiary/aromatic N) is 2. The minimum Gasteiger partial charge on any atom is -0.302 e. The molecule has 0 spiro atoms. The third kappa shape index (κ3) is 3.34. The topological polar surface area (TPSA) is 37.8 Å². The van der Waals surface area contributed by atoms with Gasteiger partial charge in [0, 0.05) is 23.7 Å². The first kappa shape index (κ1) is 13.1. The van der Waals surface area contributed by atoms with Crippen molar-refractivity contribution >= 4 is 11.3 Å². The number of thiazole rings is 1. The van der Waals surface area contributed by atoms with E-state index in [1.54, 1.807) is 17.4 Å². The summed E-state index contributed by atoms with van der Waals surface area (Å²) in [5.74, 6) is -0.302. The monoisotopic (exact) mass is 265 g/mol. The van der Waals surface area contributed by atoms with Crippen molar-refractivity contribution in [3.63, 3.8) is 0 Å². The molecule has 0 aliphatic carbocycles. The lowest BCUT2D eigenvalue weighted by Gasteiger charge is -2.15. The summed E-state index contributed by atoms with van der Waals surface area (Å²) in [5, 5.41) is 4.46. The van der Waals surface area contributed by atoms with Crippen molar-refractivity contribution in [1.29, 1.82) is 0 Å². The van der Waals surface area contributed by atoms with Crippen molar-refractivity contribution in [2.45, 2.75) is 32.9 Å². The first-order valence-corrected chi connectivity index (χ1v) is 6.77. The van der Waals surface area contributed by atoms with Gasteiger partial charge >= 0.3 is 0 Å². The maximum Gasteiger partial charge on any atom is 0.141 e. The molecule has 0 saturated heterocycles. The Kier molecular flexibility index (Phi) is 4.38. The summed E-state index contributed by atoms with van der Waals surface area (Å²) < 4.78 is 12.8. The molecule has 0 aromatic carbocycles. The van der Waals surface area contributed by atoms with E-state index in [4.69, 9.17) is 0 Å². The van der Waals surface area contributed by atoms with E-state index in [1.165, 1.54) is 17.1 Å². The van der Waals surface area contributed by atoms with Crippen LogP contribution in [0.4, 0.5) is 4.39 Å². The number of aryl methyl sites for hydroxylation is 1. The van der Waals surface area contributed by atoms with Crippen molar-refractivity contribution < 1.29 is 4.39 Å².